The first-order valence-corrected chi connectivity index (χ1v) is 8.06. The largest absolute Gasteiger partial charge is 0.354 e. The quantitative estimate of drug-likeness (QED) is 0.718. The van der Waals surface area contributed by atoms with Crippen LogP contribution in [0.4, 0.5) is 0 Å². The van der Waals surface area contributed by atoms with E-state index in [1.54, 1.807) is 0 Å². The molecule has 0 bridgehead atoms. The van der Waals surface area contributed by atoms with E-state index in [0.717, 1.165) is 0 Å². The highest BCUT2D eigenvalue weighted by Gasteiger charge is 2.14. The third-order valence-corrected chi connectivity index (χ3v) is 3.75. The summed E-state index contributed by atoms with van der Waals surface area (Å²) >= 11 is 0. The lowest BCUT2D eigenvalue weighted by atomic mass is 9.87. The first kappa shape index (κ1) is 19.2. The van der Waals surface area contributed by atoms with Crippen molar-refractivity contribution in [2.75, 3.05) is 20.1 Å². The Kier molecular flexibility index (Phi) is 7.23. The van der Waals surface area contributed by atoms with Crippen LogP contribution in [0.1, 0.15) is 50.0 Å². The van der Waals surface area contributed by atoms with E-state index in [1.165, 1.54) is 5.56 Å². The fourth-order valence-corrected chi connectivity index (χ4v) is 1.97. The maximum atomic E-state index is 12.0. The lowest BCUT2D eigenvalue weighted by Gasteiger charge is -2.19. The van der Waals surface area contributed by atoms with Crippen LogP contribution < -0.4 is 16.0 Å². The molecule has 1 rings (SSSR count). The molecule has 3 N–H and O–H groups in total. The third-order valence-electron chi connectivity index (χ3n) is 3.75. The maximum absolute atomic E-state index is 12.0. The zero-order valence-corrected chi connectivity index (χ0v) is 14.8. The van der Waals surface area contributed by atoms with E-state index in [2.05, 4.69) is 36.7 Å². The summed E-state index contributed by atoms with van der Waals surface area (Å²) in [7, 11) is 1.85. The summed E-state index contributed by atoms with van der Waals surface area (Å²) in [6, 6.07) is 7.83. The average molecular weight is 319 g/mol. The number of carbonyl (C=O) groups excluding carboxylic acids is 2. The van der Waals surface area contributed by atoms with Gasteiger partial charge in [-0.2, -0.15) is 0 Å². The van der Waals surface area contributed by atoms with Crippen LogP contribution in [0.15, 0.2) is 24.3 Å². The van der Waals surface area contributed by atoms with Crippen molar-refractivity contribution in [1.82, 2.24) is 16.0 Å². The molecule has 23 heavy (non-hydrogen) atoms. The Morgan fingerprint density at radius 1 is 1.09 bits per heavy atom. The number of hydrogen-bond donors (Lipinski definition) is 3. The van der Waals surface area contributed by atoms with Gasteiger partial charge >= 0.3 is 0 Å². The Labute approximate surface area is 139 Å². The van der Waals surface area contributed by atoms with Crippen molar-refractivity contribution < 1.29 is 9.59 Å². The first-order chi connectivity index (χ1) is 10.7. The number of benzene rings is 1. The van der Waals surface area contributed by atoms with E-state index in [9.17, 15) is 9.59 Å². The summed E-state index contributed by atoms with van der Waals surface area (Å²) in [6.07, 6.45) is 0.280. The number of hydrogen-bond acceptors (Lipinski definition) is 3. The molecule has 0 aliphatic rings. The normalized spacial score (nSPS) is 12.6. The monoisotopic (exact) mass is 319 g/mol. The molecule has 0 saturated carbocycles. The number of rotatable bonds is 7. The van der Waals surface area contributed by atoms with Gasteiger partial charge in [0, 0.05) is 31.1 Å². The second-order valence-electron chi connectivity index (χ2n) is 6.83. The Bertz CT molecular complexity index is 518. The van der Waals surface area contributed by atoms with Gasteiger partial charge in [0.1, 0.15) is 0 Å². The molecule has 5 heteroatoms. The topological polar surface area (TPSA) is 70.2 Å². The van der Waals surface area contributed by atoms with Crippen molar-refractivity contribution in [3.8, 4) is 0 Å². The molecule has 1 aromatic rings. The summed E-state index contributed by atoms with van der Waals surface area (Å²) in [5.74, 6) is -0.211. The Morgan fingerprint density at radius 2 is 1.70 bits per heavy atom. The van der Waals surface area contributed by atoms with Crippen LogP contribution in [-0.4, -0.2) is 38.0 Å². The van der Waals surface area contributed by atoms with Gasteiger partial charge in [-0.05, 0) is 37.1 Å². The van der Waals surface area contributed by atoms with Crippen LogP contribution in [0.2, 0.25) is 0 Å². The molecule has 0 radical (unpaired) electrons. The average Bonchev–Trinajstić information content (AvgIpc) is 2.51. The van der Waals surface area contributed by atoms with Crippen LogP contribution in [-0.2, 0) is 10.2 Å². The molecule has 0 fully saturated rings. The highest BCUT2D eigenvalue weighted by molar-refractivity contribution is 5.94. The van der Waals surface area contributed by atoms with Gasteiger partial charge in [-0.25, -0.2) is 0 Å². The summed E-state index contributed by atoms with van der Waals surface area (Å²) in [6.45, 7) is 9.31. The number of carbonyl (C=O) groups is 2. The van der Waals surface area contributed by atoms with E-state index in [4.69, 9.17) is 0 Å². The standard InChI is InChI=1S/C18H29N3O2/c1-13(19-5)12-21-16(22)10-11-20-17(23)14-6-8-15(9-7-14)18(2,3)4/h6-9,13,19H,10-12H2,1-5H3,(H,20,23)(H,21,22). The molecule has 0 heterocycles. The maximum Gasteiger partial charge on any atom is 0.251 e. The minimum absolute atomic E-state index is 0.0597. The lowest BCUT2D eigenvalue weighted by Crippen LogP contribution is -2.38. The zero-order chi connectivity index (χ0) is 17.5. The highest BCUT2D eigenvalue weighted by Crippen LogP contribution is 2.22. The van der Waals surface area contributed by atoms with Gasteiger partial charge in [-0.3, -0.25) is 9.59 Å². The molecule has 1 aromatic carbocycles. The minimum atomic E-state index is -0.151. The second-order valence-corrected chi connectivity index (χ2v) is 6.83. The smallest absolute Gasteiger partial charge is 0.251 e. The van der Waals surface area contributed by atoms with Crippen molar-refractivity contribution in [3.05, 3.63) is 35.4 Å². The predicted molar refractivity (Wildman–Crippen MR) is 93.6 cm³/mol. The first-order valence-electron chi connectivity index (χ1n) is 8.06. The molecule has 0 spiro atoms. The van der Waals surface area contributed by atoms with Gasteiger partial charge in [0.05, 0.1) is 0 Å². The van der Waals surface area contributed by atoms with E-state index in [0.29, 0.717) is 18.7 Å². The molecule has 1 atom stereocenters. The second kappa shape index (κ2) is 8.67. The van der Waals surface area contributed by atoms with E-state index < -0.39 is 0 Å². The molecule has 1 unspecified atom stereocenters. The van der Waals surface area contributed by atoms with Crippen molar-refractivity contribution >= 4 is 11.8 Å². The summed E-state index contributed by atoms with van der Waals surface area (Å²) in [5, 5.41) is 8.64. The van der Waals surface area contributed by atoms with E-state index >= 15 is 0 Å². The van der Waals surface area contributed by atoms with Crippen molar-refractivity contribution in [3.63, 3.8) is 0 Å². The lowest BCUT2D eigenvalue weighted by molar-refractivity contribution is -0.121. The zero-order valence-electron chi connectivity index (χ0n) is 14.8. The fraction of sp³-hybridized carbons (Fsp3) is 0.556. The van der Waals surface area contributed by atoms with Crippen molar-refractivity contribution in [1.29, 1.82) is 0 Å². The fourth-order valence-electron chi connectivity index (χ4n) is 1.97. The molecule has 128 valence electrons. The van der Waals surface area contributed by atoms with Gasteiger partial charge < -0.3 is 16.0 Å². The SMILES string of the molecule is CNC(C)CNC(=O)CCNC(=O)c1ccc(C(C)(C)C)cc1. The molecule has 0 aliphatic carbocycles. The molecular weight excluding hydrogens is 290 g/mol. The molecule has 0 aromatic heterocycles. The van der Waals surface area contributed by atoms with Crippen LogP contribution >= 0.6 is 0 Å². The Morgan fingerprint density at radius 3 is 2.22 bits per heavy atom. The van der Waals surface area contributed by atoms with Gasteiger partial charge in [-0.1, -0.05) is 32.9 Å². The van der Waals surface area contributed by atoms with E-state index in [-0.39, 0.29) is 29.7 Å². The Balaban J connectivity index is 2.38. The molecule has 0 saturated heterocycles. The van der Waals surface area contributed by atoms with Gasteiger partial charge in [0.15, 0.2) is 0 Å². The Hall–Kier alpha value is -1.88. The highest BCUT2D eigenvalue weighted by atomic mass is 16.2. The van der Waals surface area contributed by atoms with Gasteiger partial charge in [0.25, 0.3) is 5.91 Å². The molecule has 5 nitrogen and oxygen atoms in total. The minimum Gasteiger partial charge on any atom is -0.354 e. The van der Waals surface area contributed by atoms with E-state index in [1.807, 2.05) is 38.2 Å². The summed E-state index contributed by atoms with van der Waals surface area (Å²) in [4.78, 5) is 23.7. The van der Waals surface area contributed by atoms with Gasteiger partial charge in [0.2, 0.25) is 5.91 Å². The van der Waals surface area contributed by atoms with Crippen LogP contribution in [0.25, 0.3) is 0 Å². The van der Waals surface area contributed by atoms with Crippen LogP contribution in [0.3, 0.4) is 0 Å². The number of amides is 2. The third kappa shape index (κ3) is 6.82. The summed E-state index contributed by atoms with van der Waals surface area (Å²) in [5.41, 5.74) is 1.87. The predicted octanol–water partition coefficient (Wildman–Crippen LogP) is 1.83. The van der Waals surface area contributed by atoms with Crippen LogP contribution in [0.5, 0.6) is 0 Å². The molecule has 0 aliphatic heterocycles. The summed E-state index contributed by atoms with van der Waals surface area (Å²) < 4.78 is 0. The molecule has 2 amide bonds. The van der Waals surface area contributed by atoms with Crippen molar-refractivity contribution in [2.24, 2.45) is 0 Å². The molecular formula is C18H29N3O2. The van der Waals surface area contributed by atoms with Crippen LogP contribution in [0, 0.1) is 0 Å². The van der Waals surface area contributed by atoms with Crippen molar-refractivity contribution in [2.45, 2.75) is 45.6 Å². The number of nitrogens with one attached hydrogen (secondary N) is 3. The number of likely N-dealkylation sites (N-methyl/N-ethyl adjacent to an activating group) is 1. The van der Waals surface area contributed by atoms with Gasteiger partial charge in [-0.15, -0.1) is 0 Å².